The first-order valence-corrected chi connectivity index (χ1v) is 12.0. The summed E-state index contributed by atoms with van der Waals surface area (Å²) in [6.07, 6.45) is 8.83. The molecule has 0 spiro atoms. The number of rotatable bonds is 7. The van der Waals surface area contributed by atoms with Gasteiger partial charge in [-0.2, -0.15) is 0 Å². The van der Waals surface area contributed by atoms with E-state index in [1.807, 2.05) is 18.2 Å². The predicted octanol–water partition coefficient (Wildman–Crippen LogP) is 3.46. The summed E-state index contributed by atoms with van der Waals surface area (Å²) in [5.41, 5.74) is 2.61. The zero-order valence-corrected chi connectivity index (χ0v) is 19.3. The van der Waals surface area contributed by atoms with Gasteiger partial charge in [0.2, 0.25) is 5.95 Å². The molecule has 5 rings (SSSR count). The van der Waals surface area contributed by atoms with E-state index >= 15 is 0 Å². The normalized spacial score (nSPS) is 18.0. The molecule has 34 heavy (non-hydrogen) atoms. The van der Waals surface area contributed by atoms with Crippen molar-refractivity contribution < 1.29 is 14.0 Å². The molecular weight excluding hydrogens is 452 g/mol. The van der Waals surface area contributed by atoms with E-state index in [-0.39, 0.29) is 11.1 Å². The fraction of sp³-hybridized carbons (Fsp3) is 0.292. The Hall–Kier alpha value is -3.50. The number of carbonyl (C=O) groups excluding carboxylic acids is 2. The number of aromatic nitrogens is 3. The highest BCUT2D eigenvalue weighted by Gasteiger charge is 2.26. The van der Waals surface area contributed by atoms with Crippen molar-refractivity contribution in [3.63, 3.8) is 0 Å². The van der Waals surface area contributed by atoms with Crippen LogP contribution in [0.2, 0.25) is 0 Å². The summed E-state index contributed by atoms with van der Waals surface area (Å²) in [5.74, 6) is 1.61. The number of nitrogens with one attached hydrogen (secondary N) is 2. The van der Waals surface area contributed by atoms with Gasteiger partial charge < -0.3 is 14.6 Å². The van der Waals surface area contributed by atoms with Crippen molar-refractivity contribution in [1.82, 2.24) is 25.6 Å². The van der Waals surface area contributed by atoms with Gasteiger partial charge in [0.05, 0.1) is 16.9 Å². The van der Waals surface area contributed by atoms with Crippen LogP contribution in [0.5, 0.6) is 0 Å². The van der Waals surface area contributed by atoms with Gasteiger partial charge in [-0.25, -0.2) is 9.97 Å². The van der Waals surface area contributed by atoms with E-state index in [1.165, 1.54) is 0 Å². The summed E-state index contributed by atoms with van der Waals surface area (Å²) in [6, 6.07) is 9.55. The molecule has 2 fully saturated rings. The van der Waals surface area contributed by atoms with Gasteiger partial charge in [-0.15, -0.1) is 0 Å². The van der Waals surface area contributed by atoms with Crippen LogP contribution >= 0.6 is 11.8 Å². The largest absolute Gasteiger partial charge is 0.463 e. The predicted molar refractivity (Wildman–Crippen MR) is 130 cm³/mol. The lowest BCUT2D eigenvalue weighted by Crippen LogP contribution is -2.38. The van der Waals surface area contributed by atoms with E-state index in [4.69, 9.17) is 4.42 Å². The smallest absolute Gasteiger partial charge is 0.290 e. The summed E-state index contributed by atoms with van der Waals surface area (Å²) in [7, 11) is 0. The maximum atomic E-state index is 11.8. The fourth-order valence-corrected chi connectivity index (χ4v) is 4.78. The zero-order valence-electron chi connectivity index (χ0n) is 18.4. The number of nitrogens with zero attached hydrogens (tertiary/aromatic N) is 4. The third-order valence-corrected chi connectivity index (χ3v) is 6.69. The number of furan rings is 1. The number of thioether (sulfide) groups is 1. The van der Waals surface area contributed by atoms with Crippen molar-refractivity contribution in [2.45, 2.75) is 19.4 Å². The molecule has 5 heterocycles. The van der Waals surface area contributed by atoms with Crippen molar-refractivity contribution in [2.75, 3.05) is 24.5 Å². The molecule has 0 atom stereocenters. The Morgan fingerprint density at radius 1 is 1.15 bits per heavy atom. The first-order valence-electron chi connectivity index (χ1n) is 11.2. The number of hydrogen-bond donors (Lipinski definition) is 2. The topological polar surface area (TPSA) is 113 Å². The number of amides is 2. The summed E-state index contributed by atoms with van der Waals surface area (Å²) in [4.78, 5) is 39.1. The molecule has 3 aromatic heterocycles. The first kappa shape index (κ1) is 22.3. The van der Waals surface area contributed by atoms with Gasteiger partial charge >= 0.3 is 0 Å². The third-order valence-electron chi connectivity index (χ3n) is 5.88. The van der Waals surface area contributed by atoms with Gasteiger partial charge in [-0.3, -0.25) is 19.9 Å². The number of carbonyl (C=O) groups is 2. The van der Waals surface area contributed by atoms with Crippen molar-refractivity contribution in [2.24, 2.45) is 5.92 Å². The summed E-state index contributed by atoms with van der Waals surface area (Å²) in [5, 5.41) is 5.48. The van der Waals surface area contributed by atoms with Crippen molar-refractivity contribution in [1.29, 1.82) is 0 Å². The minimum Gasteiger partial charge on any atom is -0.463 e. The van der Waals surface area contributed by atoms with Gasteiger partial charge in [0.15, 0.2) is 5.76 Å². The van der Waals surface area contributed by atoms with E-state index in [2.05, 4.69) is 36.6 Å². The molecule has 0 bridgehead atoms. The van der Waals surface area contributed by atoms with E-state index in [1.54, 1.807) is 30.8 Å². The standard InChI is InChI=1S/C24H24N6O3S/c31-22-20(34-24(32)29-22)13-18-5-9-27-23(28-18)30-10-6-16(7-11-30)14-25-15-17-3-1-8-26-21(17)19-4-2-12-33-19/h1-5,8-9,12-13,16,25H,6-7,10-11,14-15H2,(H,29,31,32)/b20-13-. The van der Waals surface area contributed by atoms with Crippen LogP contribution in [0, 0.1) is 5.92 Å². The fourth-order valence-electron chi connectivity index (χ4n) is 4.11. The molecule has 3 aromatic rings. The van der Waals surface area contributed by atoms with Gasteiger partial charge in [0.25, 0.3) is 11.1 Å². The summed E-state index contributed by atoms with van der Waals surface area (Å²) < 4.78 is 5.52. The minimum absolute atomic E-state index is 0.350. The molecule has 0 unspecified atom stereocenters. The van der Waals surface area contributed by atoms with Crippen LogP contribution < -0.4 is 15.5 Å². The van der Waals surface area contributed by atoms with Gasteiger partial charge in [0, 0.05) is 32.0 Å². The van der Waals surface area contributed by atoms with Gasteiger partial charge in [-0.05, 0) is 73.0 Å². The molecule has 0 aromatic carbocycles. The Bertz CT molecular complexity index is 1200. The van der Waals surface area contributed by atoms with Crippen LogP contribution in [0.3, 0.4) is 0 Å². The second-order valence-electron chi connectivity index (χ2n) is 8.18. The highest BCUT2D eigenvalue weighted by atomic mass is 32.2. The number of pyridine rings is 1. The monoisotopic (exact) mass is 476 g/mol. The molecule has 2 saturated heterocycles. The average Bonchev–Trinajstić information content (AvgIpc) is 3.50. The van der Waals surface area contributed by atoms with Gasteiger partial charge in [0.1, 0.15) is 5.69 Å². The van der Waals surface area contributed by atoms with Crippen LogP contribution in [-0.4, -0.2) is 45.7 Å². The minimum atomic E-state index is -0.383. The second-order valence-corrected chi connectivity index (χ2v) is 9.20. The quantitative estimate of drug-likeness (QED) is 0.495. The molecule has 0 radical (unpaired) electrons. The molecule has 2 aliphatic rings. The van der Waals surface area contributed by atoms with Crippen LogP contribution in [0.15, 0.2) is 58.3 Å². The molecule has 0 aliphatic carbocycles. The molecular formula is C24H24N6O3S. The highest BCUT2D eigenvalue weighted by molar-refractivity contribution is 8.18. The lowest BCUT2D eigenvalue weighted by atomic mass is 9.97. The van der Waals surface area contributed by atoms with E-state index in [9.17, 15) is 9.59 Å². The number of anilines is 1. The number of piperidine rings is 1. The maximum Gasteiger partial charge on any atom is 0.290 e. The molecule has 2 N–H and O–H groups in total. The Morgan fingerprint density at radius 3 is 2.79 bits per heavy atom. The van der Waals surface area contributed by atoms with E-state index < -0.39 is 0 Å². The molecule has 174 valence electrons. The molecule has 2 aliphatic heterocycles. The Balaban J connectivity index is 1.13. The van der Waals surface area contributed by atoms with Crippen LogP contribution in [0.4, 0.5) is 10.7 Å². The Morgan fingerprint density at radius 2 is 2.03 bits per heavy atom. The van der Waals surface area contributed by atoms with Crippen molar-refractivity contribution in [3.8, 4) is 11.5 Å². The maximum absolute atomic E-state index is 11.8. The Kier molecular flexibility index (Phi) is 6.68. The van der Waals surface area contributed by atoms with Crippen LogP contribution in [-0.2, 0) is 11.3 Å². The molecule has 2 amide bonds. The lowest BCUT2D eigenvalue weighted by molar-refractivity contribution is -0.115. The van der Waals surface area contributed by atoms with Crippen LogP contribution in [0.25, 0.3) is 17.5 Å². The van der Waals surface area contributed by atoms with E-state index in [0.29, 0.717) is 22.5 Å². The SMILES string of the molecule is O=C1NC(=O)/C(=C/c2ccnc(N3CCC(CNCc4cccnc4-c4ccco4)CC3)n2)S1. The van der Waals surface area contributed by atoms with E-state index in [0.717, 1.165) is 67.8 Å². The number of hydrogen-bond acceptors (Lipinski definition) is 9. The Labute approximate surface area is 201 Å². The lowest BCUT2D eigenvalue weighted by Gasteiger charge is -2.32. The first-order chi connectivity index (χ1) is 16.7. The van der Waals surface area contributed by atoms with Crippen molar-refractivity contribution in [3.05, 3.63) is 65.2 Å². The molecule has 10 heteroatoms. The highest BCUT2D eigenvalue weighted by Crippen LogP contribution is 2.26. The zero-order chi connectivity index (χ0) is 23.3. The molecule has 9 nitrogen and oxygen atoms in total. The third kappa shape index (κ3) is 5.18. The number of imide groups is 1. The second kappa shape index (κ2) is 10.2. The van der Waals surface area contributed by atoms with Crippen LogP contribution in [0.1, 0.15) is 24.1 Å². The van der Waals surface area contributed by atoms with Crippen molar-refractivity contribution >= 4 is 34.9 Å². The summed E-state index contributed by atoms with van der Waals surface area (Å²) >= 11 is 0.888. The molecule has 0 saturated carbocycles. The summed E-state index contributed by atoms with van der Waals surface area (Å²) in [6.45, 7) is 3.39. The van der Waals surface area contributed by atoms with Gasteiger partial charge in [-0.1, -0.05) is 6.07 Å². The average molecular weight is 477 g/mol.